The summed E-state index contributed by atoms with van der Waals surface area (Å²) in [4.78, 5) is 4.12. The molecule has 1 heterocycles. The molecule has 0 saturated heterocycles. The average Bonchev–Trinajstić information content (AvgIpc) is 2.85. The van der Waals surface area contributed by atoms with Crippen LogP contribution in [-0.4, -0.2) is 20.8 Å². The van der Waals surface area contributed by atoms with E-state index in [0.717, 1.165) is 0 Å². The van der Waals surface area contributed by atoms with Gasteiger partial charge in [-0.3, -0.25) is 0 Å². The fraction of sp³-hybridized carbons (Fsp3) is 0.769. The van der Waals surface area contributed by atoms with Crippen LogP contribution in [0.15, 0.2) is 12.4 Å². The van der Waals surface area contributed by atoms with Crippen LogP contribution in [0.25, 0.3) is 0 Å². The third-order valence-corrected chi connectivity index (χ3v) is 4.03. The molecule has 1 aliphatic rings. The molecule has 0 amide bonds. The number of imidazole rings is 1. The van der Waals surface area contributed by atoms with Crippen LogP contribution in [0.4, 0.5) is 13.2 Å². The van der Waals surface area contributed by atoms with Crippen molar-refractivity contribution in [3.05, 3.63) is 18.2 Å². The molecule has 1 aliphatic carbocycles. The SMILES string of the molecule is CCn1ccnc1C(O)C1CCC(C(F)(F)F)CC1. The number of hydrogen-bond donors (Lipinski definition) is 1. The average molecular weight is 276 g/mol. The first-order valence-corrected chi connectivity index (χ1v) is 6.69. The van der Waals surface area contributed by atoms with Crippen LogP contribution in [0.5, 0.6) is 0 Å². The maximum Gasteiger partial charge on any atom is 0.391 e. The van der Waals surface area contributed by atoms with Crippen molar-refractivity contribution in [1.29, 1.82) is 0 Å². The van der Waals surface area contributed by atoms with Gasteiger partial charge in [0.05, 0.1) is 5.92 Å². The highest BCUT2D eigenvalue weighted by Crippen LogP contribution is 2.42. The molecule has 108 valence electrons. The highest BCUT2D eigenvalue weighted by Gasteiger charge is 2.42. The molecule has 1 aromatic rings. The van der Waals surface area contributed by atoms with Crippen LogP contribution >= 0.6 is 0 Å². The predicted molar refractivity (Wildman–Crippen MR) is 64.4 cm³/mol. The van der Waals surface area contributed by atoms with E-state index in [1.54, 1.807) is 12.4 Å². The van der Waals surface area contributed by atoms with Gasteiger partial charge in [0.1, 0.15) is 11.9 Å². The standard InChI is InChI=1S/C13H19F3N2O/c1-2-18-8-7-17-12(18)11(19)9-3-5-10(6-4-9)13(14,15)16/h7-11,19H,2-6H2,1H3. The van der Waals surface area contributed by atoms with Crippen LogP contribution < -0.4 is 0 Å². The molecule has 0 radical (unpaired) electrons. The monoisotopic (exact) mass is 276 g/mol. The number of hydrogen-bond acceptors (Lipinski definition) is 2. The van der Waals surface area contributed by atoms with Gasteiger partial charge in [-0.15, -0.1) is 0 Å². The van der Waals surface area contributed by atoms with Gasteiger partial charge in [-0.05, 0) is 38.5 Å². The van der Waals surface area contributed by atoms with Crippen LogP contribution in [0.3, 0.4) is 0 Å². The van der Waals surface area contributed by atoms with Gasteiger partial charge < -0.3 is 9.67 Å². The molecule has 19 heavy (non-hydrogen) atoms. The summed E-state index contributed by atoms with van der Waals surface area (Å²) in [6.45, 7) is 2.64. The quantitative estimate of drug-likeness (QED) is 0.919. The molecule has 1 saturated carbocycles. The largest absolute Gasteiger partial charge is 0.391 e. The number of aryl methyl sites for hydroxylation is 1. The Balaban J connectivity index is 1.98. The predicted octanol–water partition coefficient (Wildman–Crippen LogP) is 3.31. The lowest BCUT2D eigenvalue weighted by molar-refractivity contribution is -0.186. The lowest BCUT2D eigenvalue weighted by Crippen LogP contribution is -2.30. The van der Waals surface area contributed by atoms with E-state index in [1.165, 1.54) is 0 Å². The Morgan fingerprint density at radius 3 is 2.53 bits per heavy atom. The second kappa shape index (κ2) is 5.53. The molecule has 1 fully saturated rings. The number of aliphatic hydroxyl groups is 1. The van der Waals surface area contributed by atoms with Gasteiger partial charge in [-0.25, -0.2) is 4.98 Å². The van der Waals surface area contributed by atoms with Crippen LogP contribution in [0.1, 0.15) is 44.5 Å². The molecule has 6 heteroatoms. The Bertz CT molecular complexity index is 408. The molecule has 0 aromatic carbocycles. The summed E-state index contributed by atoms with van der Waals surface area (Å²) in [5.41, 5.74) is 0. The number of aliphatic hydroxyl groups excluding tert-OH is 1. The molecule has 0 bridgehead atoms. The summed E-state index contributed by atoms with van der Waals surface area (Å²) in [5.74, 6) is -0.758. The van der Waals surface area contributed by atoms with Crippen LogP contribution in [0.2, 0.25) is 0 Å². The molecule has 2 rings (SSSR count). The Morgan fingerprint density at radius 1 is 1.37 bits per heavy atom. The summed E-state index contributed by atoms with van der Waals surface area (Å²) in [6.07, 6.45) is -0.440. The van der Waals surface area contributed by atoms with Crippen molar-refractivity contribution in [3.63, 3.8) is 0 Å². The number of halogens is 3. The third kappa shape index (κ3) is 3.11. The lowest BCUT2D eigenvalue weighted by atomic mass is 9.79. The molecule has 1 N–H and O–H groups in total. The van der Waals surface area contributed by atoms with Gasteiger partial charge >= 0.3 is 6.18 Å². The van der Waals surface area contributed by atoms with E-state index in [-0.39, 0.29) is 18.8 Å². The smallest absolute Gasteiger partial charge is 0.385 e. The maximum atomic E-state index is 12.6. The van der Waals surface area contributed by atoms with Crippen molar-refractivity contribution in [2.24, 2.45) is 11.8 Å². The van der Waals surface area contributed by atoms with E-state index in [4.69, 9.17) is 0 Å². The fourth-order valence-corrected chi connectivity index (χ4v) is 2.83. The first kappa shape index (κ1) is 14.4. The minimum absolute atomic E-state index is 0.109. The first-order chi connectivity index (χ1) is 8.93. The zero-order chi connectivity index (χ0) is 14.0. The van der Waals surface area contributed by atoms with Crippen molar-refractivity contribution in [1.82, 2.24) is 9.55 Å². The summed E-state index contributed by atoms with van der Waals surface area (Å²) in [7, 11) is 0. The fourth-order valence-electron chi connectivity index (χ4n) is 2.83. The summed E-state index contributed by atoms with van der Waals surface area (Å²) < 4.78 is 39.6. The van der Waals surface area contributed by atoms with Crippen molar-refractivity contribution in [2.75, 3.05) is 0 Å². The molecular formula is C13H19F3N2O. The molecule has 0 aliphatic heterocycles. The second-order valence-electron chi connectivity index (χ2n) is 5.17. The van der Waals surface area contributed by atoms with Crippen molar-refractivity contribution >= 4 is 0 Å². The minimum Gasteiger partial charge on any atom is -0.385 e. The van der Waals surface area contributed by atoms with Gasteiger partial charge in [0, 0.05) is 18.9 Å². The lowest BCUT2D eigenvalue weighted by Gasteiger charge is -2.32. The normalized spacial score (nSPS) is 26.4. The number of nitrogens with zero attached hydrogens (tertiary/aromatic N) is 2. The van der Waals surface area contributed by atoms with Gasteiger partial charge in [-0.2, -0.15) is 13.2 Å². The van der Waals surface area contributed by atoms with Crippen molar-refractivity contribution in [2.45, 2.75) is 51.4 Å². The van der Waals surface area contributed by atoms with E-state index in [0.29, 0.717) is 25.2 Å². The van der Waals surface area contributed by atoms with E-state index in [9.17, 15) is 18.3 Å². The highest BCUT2D eigenvalue weighted by atomic mass is 19.4. The number of rotatable bonds is 3. The summed E-state index contributed by atoms with van der Waals surface area (Å²) in [6, 6.07) is 0. The van der Waals surface area contributed by atoms with Gasteiger partial charge in [0.15, 0.2) is 0 Å². The third-order valence-electron chi connectivity index (χ3n) is 4.03. The zero-order valence-electron chi connectivity index (χ0n) is 10.9. The van der Waals surface area contributed by atoms with E-state index >= 15 is 0 Å². The second-order valence-corrected chi connectivity index (χ2v) is 5.17. The topological polar surface area (TPSA) is 38.0 Å². The highest BCUT2D eigenvalue weighted by molar-refractivity contribution is 4.99. The van der Waals surface area contributed by atoms with Gasteiger partial charge in [-0.1, -0.05) is 0 Å². The van der Waals surface area contributed by atoms with Crippen LogP contribution in [0, 0.1) is 11.8 Å². The zero-order valence-corrected chi connectivity index (χ0v) is 10.9. The number of alkyl halides is 3. The van der Waals surface area contributed by atoms with Gasteiger partial charge in [0.2, 0.25) is 0 Å². The Morgan fingerprint density at radius 2 is 2.00 bits per heavy atom. The minimum atomic E-state index is -4.10. The van der Waals surface area contributed by atoms with Crippen LogP contribution in [-0.2, 0) is 6.54 Å². The van der Waals surface area contributed by atoms with Crippen molar-refractivity contribution in [3.8, 4) is 0 Å². The van der Waals surface area contributed by atoms with Crippen molar-refractivity contribution < 1.29 is 18.3 Å². The van der Waals surface area contributed by atoms with E-state index in [2.05, 4.69) is 4.98 Å². The number of aromatic nitrogens is 2. The van der Waals surface area contributed by atoms with Gasteiger partial charge in [0.25, 0.3) is 0 Å². The summed E-state index contributed by atoms with van der Waals surface area (Å²) >= 11 is 0. The molecular weight excluding hydrogens is 257 g/mol. The maximum absolute atomic E-state index is 12.6. The Kier molecular flexibility index (Phi) is 4.18. The van der Waals surface area contributed by atoms with E-state index in [1.807, 2.05) is 11.5 Å². The van der Waals surface area contributed by atoms with E-state index < -0.39 is 18.2 Å². The molecule has 3 nitrogen and oxygen atoms in total. The summed E-state index contributed by atoms with van der Waals surface area (Å²) in [5, 5.41) is 10.3. The first-order valence-electron chi connectivity index (χ1n) is 6.69. The molecule has 1 unspecified atom stereocenters. The molecule has 1 atom stereocenters. The molecule has 0 spiro atoms. The Hall–Kier alpha value is -1.04. The Labute approximate surface area is 110 Å². The molecule has 1 aromatic heterocycles.